The van der Waals surface area contributed by atoms with Crippen LogP contribution in [0.4, 0.5) is 5.69 Å². The van der Waals surface area contributed by atoms with Gasteiger partial charge in [-0.3, -0.25) is 19.3 Å². The smallest absolute Gasteiger partial charge is 0.271 e. The molecule has 0 fully saturated rings. The van der Waals surface area contributed by atoms with Gasteiger partial charge in [-0.15, -0.1) is 0 Å². The Kier molecular flexibility index (Phi) is 7.38. The molecular formula is C25H20ClN3O5S. The van der Waals surface area contributed by atoms with Gasteiger partial charge in [0.25, 0.3) is 22.9 Å². The van der Waals surface area contributed by atoms with E-state index in [0.717, 1.165) is 4.90 Å². The molecule has 2 aromatic carbocycles. The van der Waals surface area contributed by atoms with Gasteiger partial charge in [-0.1, -0.05) is 23.7 Å². The van der Waals surface area contributed by atoms with Gasteiger partial charge in [0.1, 0.15) is 17.5 Å². The van der Waals surface area contributed by atoms with Crippen LogP contribution >= 0.6 is 23.8 Å². The fraction of sp³-hybridized carbons (Fsp3) is 0.160. The number of ether oxygens (including phenoxy) is 2. The van der Waals surface area contributed by atoms with Gasteiger partial charge >= 0.3 is 0 Å². The van der Waals surface area contributed by atoms with Crippen molar-refractivity contribution in [1.82, 2.24) is 9.88 Å². The molecular weight excluding hydrogens is 490 g/mol. The highest BCUT2D eigenvalue weighted by atomic mass is 35.5. The van der Waals surface area contributed by atoms with Crippen molar-refractivity contribution in [3.8, 4) is 5.75 Å². The highest BCUT2D eigenvalue weighted by Crippen LogP contribution is 2.24. The molecule has 0 spiro atoms. The maximum atomic E-state index is 13.3. The van der Waals surface area contributed by atoms with Gasteiger partial charge in [-0.05, 0) is 67.7 Å². The Hall–Kier alpha value is -3.82. The van der Waals surface area contributed by atoms with E-state index in [1.807, 2.05) is 6.92 Å². The summed E-state index contributed by atoms with van der Waals surface area (Å²) < 4.78 is 11.1. The molecule has 0 saturated carbocycles. The minimum absolute atomic E-state index is 0.0275. The van der Waals surface area contributed by atoms with E-state index in [1.165, 1.54) is 23.2 Å². The molecule has 178 valence electrons. The Morgan fingerprint density at radius 3 is 2.26 bits per heavy atom. The van der Waals surface area contributed by atoms with Crippen LogP contribution in [0.2, 0.25) is 5.15 Å². The van der Waals surface area contributed by atoms with E-state index in [0.29, 0.717) is 29.2 Å². The summed E-state index contributed by atoms with van der Waals surface area (Å²) in [5, 5.41) is 0.0969. The number of thiocarbonyl (C=S) groups is 1. The SMILES string of the molecule is CCOc1ccc(N(C(=O)c2ccc(Cl)nc2)C(=S)OCCN2C(=O)c3ccccc3C2=O)cc1. The molecule has 0 aliphatic carbocycles. The number of pyridine rings is 1. The lowest BCUT2D eigenvalue weighted by molar-refractivity contribution is 0.0627. The number of hydrogen-bond donors (Lipinski definition) is 0. The van der Waals surface area contributed by atoms with Gasteiger partial charge in [0.2, 0.25) is 0 Å². The average molecular weight is 510 g/mol. The van der Waals surface area contributed by atoms with Crippen LogP contribution in [-0.2, 0) is 4.74 Å². The second-order valence-corrected chi connectivity index (χ2v) is 8.10. The third kappa shape index (κ3) is 5.16. The van der Waals surface area contributed by atoms with Crippen LogP contribution in [0, 0.1) is 0 Å². The summed E-state index contributed by atoms with van der Waals surface area (Å²) in [6.45, 7) is 2.25. The highest BCUT2D eigenvalue weighted by Gasteiger charge is 2.35. The van der Waals surface area contributed by atoms with Gasteiger partial charge in [-0.25, -0.2) is 9.88 Å². The van der Waals surface area contributed by atoms with Crippen molar-refractivity contribution >= 4 is 52.4 Å². The fourth-order valence-corrected chi connectivity index (χ4v) is 3.91. The molecule has 1 aliphatic heterocycles. The number of rotatable bonds is 7. The number of hydrogen-bond acceptors (Lipinski definition) is 7. The lowest BCUT2D eigenvalue weighted by atomic mass is 10.1. The molecule has 10 heteroatoms. The average Bonchev–Trinajstić information content (AvgIpc) is 3.11. The predicted molar refractivity (Wildman–Crippen MR) is 134 cm³/mol. The van der Waals surface area contributed by atoms with Crippen molar-refractivity contribution in [2.24, 2.45) is 0 Å². The highest BCUT2D eigenvalue weighted by molar-refractivity contribution is 7.80. The van der Waals surface area contributed by atoms with Crippen LogP contribution in [0.1, 0.15) is 38.0 Å². The van der Waals surface area contributed by atoms with E-state index >= 15 is 0 Å². The van der Waals surface area contributed by atoms with Gasteiger partial charge in [0.05, 0.1) is 35.5 Å². The zero-order chi connectivity index (χ0) is 24.9. The van der Waals surface area contributed by atoms with Crippen molar-refractivity contribution in [3.63, 3.8) is 0 Å². The van der Waals surface area contributed by atoms with Crippen molar-refractivity contribution in [3.05, 3.63) is 88.7 Å². The summed E-state index contributed by atoms with van der Waals surface area (Å²) in [7, 11) is 0. The Bertz CT molecular complexity index is 1250. The third-order valence-electron chi connectivity index (χ3n) is 5.18. The van der Waals surface area contributed by atoms with Crippen LogP contribution in [0.3, 0.4) is 0 Å². The summed E-state index contributed by atoms with van der Waals surface area (Å²) in [4.78, 5) is 44.7. The summed E-state index contributed by atoms with van der Waals surface area (Å²) in [6, 6.07) is 16.4. The first-order valence-corrected chi connectivity index (χ1v) is 11.5. The first-order chi connectivity index (χ1) is 16.9. The largest absolute Gasteiger partial charge is 0.494 e. The van der Waals surface area contributed by atoms with Gasteiger partial charge in [0.15, 0.2) is 0 Å². The molecule has 4 rings (SSSR count). The van der Waals surface area contributed by atoms with Crippen molar-refractivity contribution in [1.29, 1.82) is 0 Å². The van der Waals surface area contributed by atoms with Crippen LogP contribution in [0.25, 0.3) is 0 Å². The van der Waals surface area contributed by atoms with Gasteiger partial charge in [-0.2, -0.15) is 0 Å². The van der Waals surface area contributed by atoms with Crippen LogP contribution in [-0.4, -0.2) is 52.5 Å². The Labute approximate surface area is 212 Å². The summed E-state index contributed by atoms with van der Waals surface area (Å²) >= 11 is 11.3. The van der Waals surface area contributed by atoms with E-state index in [1.54, 1.807) is 48.5 Å². The Morgan fingerprint density at radius 1 is 1.03 bits per heavy atom. The second kappa shape index (κ2) is 10.6. The molecule has 0 saturated heterocycles. The van der Waals surface area contributed by atoms with Crippen LogP contribution in [0.15, 0.2) is 66.9 Å². The monoisotopic (exact) mass is 509 g/mol. The number of amides is 3. The number of aromatic nitrogens is 1. The van der Waals surface area contributed by atoms with E-state index in [4.69, 9.17) is 33.3 Å². The number of carbonyl (C=O) groups is 3. The first-order valence-electron chi connectivity index (χ1n) is 10.7. The number of fused-ring (bicyclic) bond motifs is 1. The maximum Gasteiger partial charge on any atom is 0.271 e. The summed E-state index contributed by atoms with van der Waals surface area (Å²) in [5.41, 5.74) is 1.39. The van der Waals surface area contributed by atoms with Crippen molar-refractivity contribution in [2.45, 2.75) is 6.92 Å². The molecule has 3 aromatic rings. The lowest BCUT2D eigenvalue weighted by Gasteiger charge is -2.24. The van der Waals surface area contributed by atoms with Crippen LogP contribution in [0.5, 0.6) is 5.75 Å². The van der Waals surface area contributed by atoms with E-state index in [2.05, 4.69) is 4.98 Å². The summed E-state index contributed by atoms with van der Waals surface area (Å²) in [5.74, 6) is -0.642. The molecule has 2 heterocycles. The molecule has 0 radical (unpaired) electrons. The van der Waals surface area contributed by atoms with Gasteiger partial charge in [0, 0.05) is 6.20 Å². The molecule has 35 heavy (non-hydrogen) atoms. The zero-order valence-corrected chi connectivity index (χ0v) is 20.2. The van der Waals surface area contributed by atoms with Crippen molar-refractivity contribution in [2.75, 3.05) is 24.7 Å². The third-order valence-corrected chi connectivity index (χ3v) is 5.71. The fourth-order valence-electron chi connectivity index (χ4n) is 3.53. The molecule has 0 unspecified atom stereocenters. The molecule has 1 aliphatic rings. The maximum absolute atomic E-state index is 13.3. The second-order valence-electron chi connectivity index (χ2n) is 7.36. The minimum Gasteiger partial charge on any atom is -0.494 e. The molecule has 1 aromatic heterocycles. The Balaban J connectivity index is 1.50. The predicted octanol–water partition coefficient (Wildman–Crippen LogP) is 4.38. The summed E-state index contributed by atoms with van der Waals surface area (Å²) in [6.07, 6.45) is 1.34. The Morgan fingerprint density at radius 2 is 1.69 bits per heavy atom. The quantitative estimate of drug-likeness (QED) is 0.265. The number of carbonyl (C=O) groups excluding carboxylic acids is 3. The minimum atomic E-state index is -0.482. The molecule has 8 nitrogen and oxygen atoms in total. The first kappa shape index (κ1) is 24.3. The standard InChI is InChI=1S/C25H20ClN3O5S/c1-2-33-18-10-8-17(9-11-18)29(22(30)16-7-12-21(26)27-15-16)25(35)34-14-13-28-23(31)19-5-3-4-6-20(19)24(28)32/h3-12,15H,2,13-14H2,1H3. The number of anilines is 1. The molecule has 0 bridgehead atoms. The number of benzene rings is 2. The van der Waals surface area contributed by atoms with Crippen molar-refractivity contribution < 1.29 is 23.9 Å². The molecule has 0 N–H and O–H groups in total. The van der Waals surface area contributed by atoms with Gasteiger partial charge < -0.3 is 9.47 Å². The van der Waals surface area contributed by atoms with Crippen LogP contribution < -0.4 is 9.64 Å². The lowest BCUT2D eigenvalue weighted by Crippen LogP contribution is -2.39. The number of nitrogens with zero attached hydrogens (tertiary/aromatic N) is 3. The normalized spacial score (nSPS) is 12.3. The van der Waals surface area contributed by atoms with E-state index in [9.17, 15) is 14.4 Å². The zero-order valence-electron chi connectivity index (χ0n) is 18.6. The molecule has 3 amide bonds. The molecule has 0 atom stereocenters. The van der Waals surface area contributed by atoms with E-state index < -0.39 is 17.7 Å². The van der Waals surface area contributed by atoms with E-state index in [-0.39, 0.29) is 29.0 Å². The topological polar surface area (TPSA) is 89.0 Å². The number of halogens is 1. The number of imide groups is 1.